The molecule has 1 aromatic carbocycles. The molecule has 0 spiro atoms. The number of carbonyl (C=O) groups excluding carboxylic acids is 1. The van der Waals surface area contributed by atoms with Crippen LogP contribution in [0.3, 0.4) is 0 Å². The summed E-state index contributed by atoms with van der Waals surface area (Å²) in [6.45, 7) is 1.02. The lowest BCUT2D eigenvalue weighted by Crippen LogP contribution is -2.37. The first kappa shape index (κ1) is 19.6. The second-order valence-electron chi connectivity index (χ2n) is 6.90. The third kappa shape index (κ3) is 4.17. The number of pyridine rings is 1. The van der Waals surface area contributed by atoms with Crippen molar-refractivity contribution in [2.75, 3.05) is 13.1 Å². The highest BCUT2D eigenvalue weighted by Crippen LogP contribution is 2.34. The normalized spacial score (nSPS) is 15.7. The van der Waals surface area contributed by atoms with Crippen LogP contribution in [-0.4, -0.2) is 40.2 Å². The predicted molar refractivity (Wildman–Crippen MR) is 102 cm³/mol. The zero-order valence-electron chi connectivity index (χ0n) is 15.2. The molecule has 3 heterocycles. The van der Waals surface area contributed by atoms with Gasteiger partial charge in [0.1, 0.15) is 11.4 Å². The molecule has 152 valence electrons. The number of H-pyrrole nitrogens is 1. The van der Waals surface area contributed by atoms with Crippen LogP contribution in [0, 0.1) is 0 Å². The third-order valence-electron chi connectivity index (χ3n) is 5.11. The molecule has 4 rings (SSSR count). The summed E-state index contributed by atoms with van der Waals surface area (Å²) in [6, 6.07) is 7.59. The Labute approximate surface area is 169 Å². The molecule has 29 heavy (non-hydrogen) atoms. The summed E-state index contributed by atoms with van der Waals surface area (Å²) in [6.07, 6.45) is 0.324. The van der Waals surface area contributed by atoms with Crippen LogP contribution >= 0.6 is 11.6 Å². The Balaban J connectivity index is 1.46. The van der Waals surface area contributed by atoms with Gasteiger partial charge in [-0.15, -0.1) is 13.2 Å². The van der Waals surface area contributed by atoms with Crippen molar-refractivity contribution in [3.8, 4) is 5.75 Å². The van der Waals surface area contributed by atoms with Crippen molar-refractivity contribution in [1.82, 2.24) is 14.9 Å². The summed E-state index contributed by atoms with van der Waals surface area (Å²) in [5.41, 5.74) is 2.12. The zero-order chi connectivity index (χ0) is 20.6. The molecular formula is C20H17ClF3N3O2. The molecule has 1 saturated heterocycles. The van der Waals surface area contributed by atoms with E-state index in [9.17, 15) is 18.0 Å². The summed E-state index contributed by atoms with van der Waals surface area (Å²) < 4.78 is 41.4. The predicted octanol–water partition coefficient (Wildman–Crippen LogP) is 5.13. The number of alkyl halides is 3. The fourth-order valence-corrected chi connectivity index (χ4v) is 3.89. The van der Waals surface area contributed by atoms with Crippen LogP contribution in [0.2, 0.25) is 5.02 Å². The maximum atomic E-state index is 12.8. The number of likely N-dealkylation sites (tertiary alicyclic amines) is 1. The van der Waals surface area contributed by atoms with Gasteiger partial charge in [-0.3, -0.25) is 4.79 Å². The molecular weight excluding hydrogens is 407 g/mol. The maximum Gasteiger partial charge on any atom is 0.573 e. The van der Waals surface area contributed by atoms with Gasteiger partial charge in [0.25, 0.3) is 5.91 Å². The molecule has 1 fully saturated rings. The van der Waals surface area contributed by atoms with E-state index in [1.54, 1.807) is 11.1 Å². The van der Waals surface area contributed by atoms with E-state index >= 15 is 0 Å². The van der Waals surface area contributed by atoms with Crippen LogP contribution in [-0.2, 0) is 0 Å². The quantitative estimate of drug-likeness (QED) is 0.635. The minimum absolute atomic E-state index is 0.114. The highest BCUT2D eigenvalue weighted by molar-refractivity contribution is 6.32. The van der Waals surface area contributed by atoms with Crippen LogP contribution in [0.4, 0.5) is 13.2 Å². The molecule has 3 aromatic rings. The highest BCUT2D eigenvalue weighted by atomic mass is 35.5. The molecule has 0 radical (unpaired) electrons. The summed E-state index contributed by atoms with van der Waals surface area (Å²) in [5, 5.41) is 0.870. The van der Waals surface area contributed by atoms with Crippen molar-refractivity contribution in [2.45, 2.75) is 25.1 Å². The first-order chi connectivity index (χ1) is 13.8. The first-order valence-electron chi connectivity index (χ1n) is 9.08. The van der Waals surface area contributed by atoms with E-state index in [0.717, 1.165) is 29.9 Å². The van der Waals surface area contributed by atoms with Gasteiger partial charge < -0.3 is 14.6 Å². The third-order valence-corrected chi connectivity index (χ3v) is 5.42. The topological polar surface area (TPSA) is 58.2 Å². The molecule has 0 atom stereocenters. The molecule has 0 aliphatic carbocycles. The van der Waals surface area contributed by atoms with E-state index in [2.05, 4.69) is 14.7 Å². The first-order valence-corrected chi connectivity index (χ1v) is 9.46. The van der Waals surface area contributed by atoms with Gasteiger partial charge in [-0.1, -0.05) is 11.6 Å². The number of aromatic nitrogens is 2. The minimum atomic E-state index is -4.88. The lowest BCUT2D eigenvalue weighted by molar-refractivity contribution is -0.274. The Morgan fingerprint density at radius 2 is 2.00 bits per heavy atom. The number of carbonyl (C=O) groups is 1. The average molecular weight is 424 g/mol. The molecule has 1 N–H and O–H groups in total. The van der Waals surface area contributed by atoms with E-state index in [1.807, 2.05) is 18.3 Å². The van der Waals surface area contributed by atoms with E-state index in [4.69, 9.17) is 11.6 Å². The Kier molecular flexibility index (Phi) is 5.12. The molecule has 0 saturated carbocycles. The Hall–Kier alpha value is -2.74. The van der Waals surface area contributed by atoms with Crippen molar-refractivity contribution in [3.05, 3.63) is 58.9 Å². The van der Waals surface area contributed by atoms with Gasteiger partial charge in [0.05, 0.1) is 5.02 Å². The molecule has 1 amide bonds. The molecule has 9 heteroatoms. The fraction of sp³-hybridized carbons (Fsp3) is 0.300. The molecule has 5 nitrogen and oxygen atoms in total. The van der Waals surface area contributed by atoms with Crippen molar-refractivity contribution in [2.24, 2.45) is 0 Å². The van der Waals surface area contributed by atoms with Gasteiger partial charge in [-0.25, -0.2) is 4.98 Å². The van der Waals surface area contributed by atoms with Crippen molar-refractivity contribution >= 4 is 28.5 Å². The number of nitrogens with one attached hydrogen (secondary N) is 1. The number of halogens is 4. The van der Waals surface area contributed by atoms with Crippen molar-refractivity contribution < 1.29 is 22.7 Å². The largest absolute Gasteiger partial charge is 0.573 e. The number of hydrogen-bond acceptors (Lipinski definition) is 3. The van der Waals surface area contributed by atoms with Crippen LogP contribution in [0.25, 0.3) is 11.0 Å². The smallest absolute Gasteiger partial charge is 0.404 e. The number of hydrogen-bond donors (Lipinski definition) is 1. The van der Waals surface area contributed by atoms with Crippen LogP contribution in [0.1, 0.15) is 34.7 Å². The van der Waals surface area contributed by atoms with Crippen LogP contribution in [0.15, 0.2) is 42.7 Å². The van der Waals surface area contributed by atoms with Crippen molar-refractivity contribution in [3.63, 3.8) is 0 Å². The van der Waals surface area contributed by atoms with E-state index in [0.29, 0.717) is 13.1 Å². The average Bonchev–Trinajstić information content (AvgIpc) is 3.12. The monoisotopic (exact) mass is 423 g/mol. The Morgan fingerprint density at radius 1 is 1.24 bits per heavy atom. The lowest BCUT2D eigenvalue weighted by Gasteiger charge is -2.32. The zero-order valence-corrected chi connectivity index (χ0v) is 15.9. The SMILES string of the molecule is O=C(c1ccc(Cl)c(OC(F)(F)F)c1)N1CCC(c2c[nH]c3ncccc23)CC1. The van der Waals surface area contributed by atoms with Gasteiger partial charge in [-0.2, -0.15) is 0 Å². The van der Waals surface area contributed by atoms with Gasteiger partial charge in [0, 0.05) is 36.4 Å². The number of amides is 1. The second-order valence-corrected chi connectivity index (χ2v) is 7.31. The maximum absolute atomic E-state index is 12.8. The van der Waals surface area contributed by atoms with Crippen molar-refractivity contribution in [1.29, 1.82) is 0 Å². The van der Waals surface area contributed by atoms with Crippen LogP contribution in [0.5, 0.6) is 5.75 Å². The fourth-order valence-electron chi connectivity index (χ4n) is 3.73. The number of benzene rings is 1. The number of fused-ring (bicyclic) bond motifs is 1. The summed E-state index contributed by atoms with van der Waals surface area (Å²) in [5.74, 6) is -0.634. The van der Waals surface area contributed by atoms with E-state index in [1.165, 1.54) is 17.7 Å². The number of rotatable bonds is 3. The number of aromatic amines is 1. The lowest BCUT2D eigenvalue weighted by atomic mass is 9.89. The molecule has 1 aliphatic heterocycles. The summed E-state index contributed by atoms with van der Waals surface area (Å²) in [4.78, 5) is 21.9. The van der Waals surface area contributed by atoms with Gasteiger partial charge in [-0.05, 0) is 54.7 Å². The molecule has 0 unspecified atom stereocenters. The highest BCUT2D eigenvalue weighted by Gasteiger charge is 2.33. The number of nitrogens with zero attached hydrogens (tertiary/aromatic N) is 2. The number of ether oxygens (including phenoxy) is 1. The molecule has 2 aromatic heterocycles. The Morgan fingerprint density at radius 3 is 2.72 bits per heavy atom. The molecule has 0 bridgehead atoms. The van der Waals surface area contributed by atoms with Crippen LogP contribution < -0.4 is 4.74 Å². The summed E-state index contributed by atoms with van der Waals surface area (Å²) in [7, 11) is 0. The second kappa shape index (κ2) is 7.59. The molecule has 1 aliphatic rings. The summed E-state index contributed by atoms with van der Waals surface area (Å²) >= 11 is 5.76. The van der Waals surface area contributed by atoms with Gasteiger partial charge >= 0.3 is 6.36 Å². The van der Waals surface area contributed by atoms with E-state index < -0.39 is 12.1 Å². The van der Waals surface area contributed by atoms with Gasteiger partial charge in [0.2, 0.25) is 0 Å². The minimum Gasteiger partial charge on any atom is -0.404 e. The van der Waals surface area contributed by atoms with E-state index in [-0.39, 0.29) is 22.4 Å². The number of piperidine rings is 1. The standard InChI is InChI=1S/C20H17ClF3N3O2/c21-16-4-3-13(10-17(16)29-20(22,23)24)19(28)27-8-5-12(6-9-27)15-11-26-18-14(15)2-1-7-25-18/h1-4,7,10-12H,5-6,8-9H2,(H,25,26). The van der Waals surface area contributed by atoms with Gasteiger partial charge in [0.15, 0.2) is 0 Å². The Bertz CT molecular complexity index is 1040.